The van der Waals surface area contributed by atoms with Crippen molar-refractivity contribution in [2.24, 2.45) is 0 Å². The van der Waals surface area contributed by atoms with Gasteiger partial charge in [0.2, 0.25) is 5.91 Å². The smallest absolute Gasteiger partial charge is 0.222 e. The Bertz CT molecular complexity index is 608. The number of aryl methyl sites for hydroxylation is 1. The molecule has 0 aromatic heterocycles. The van der Waals surface area contributed by atoms with Gasteiger partial charge in [-0.15, -0.1) is 0 Å². The number of carbonyl (C=O) groups is 1. The summed E-state index contributed by atoms with van der Waals surface area (Å²) >= 11 is 0. The average molecular weight is 324 g/mol. The Morgan fingerprint density at radius 3 is 2.68 bits per heavy atom. The summed E-state index contributed by atoms with van der Waals surface area (Å²) in [4.78, 5) is 14.3. The number of amides is 1. The second-order valence-electron chi connectivity index (χ2n) is 5.54. The molecule has 0 radical (unpaired) electrons. The van der Waals surface area contributed by atoms with Gasteiger partial charge in [-0.1, -0.05) is 19.1 Å². The number of rotatable bonds is 6. The molecule has 1 amide bonds. The molecule has 1 aromatic carbocycles. The maximum Gasteiger partial charge on any atom is 0.222 e. The zero-order valence-electron chi connectivity index (χ0n) is 13.0. The van der Waals surface area contributed by atoms with Crippen molar-refractivity contribution in [2.45, 2.75) is 31.1 Å². The molecule has 1 aliphatic rings. The van der Waals surface area contributed by atoms with Crippen LogP contribution >= 0.6 is 0 Å². The maximum absolute atomic E-state index is 12.1. The molecule has 1 aliphatic heterocycles. The lowest BCUT2D eigenvalue weighted by atomic mass is 10.1. The summed E-state index contributed by atoms with van der Waals surface area (Å²) in [6.07, 6.45) is 1.99. The van der Waals surface area contributed by atoms with Crippen LogP contribution in [0.2, 0.25) is 0 Å². The van der Waals surface area contributed by atoms with Gasteiger partial charge in [0.15, 0.2) is 9.84 Å². The van der Waals surface area contributed by atoms with Crippen LogP contribution in [0.25, 0.3) is 0 Å². The van der Waals surface area contributed by atoms with Gasteiger partial charge in [0.1, 0.15) is 0 Å². The van der Waals surface area contributed by atoms with E-state index in [1.807, 2.05) is 11.0 Å². The molecule has 2 rings (SSSR count). The first-order valence-corrected chi connectivity index (χ1v) is 9.48. The third kappa shape index (κ3) is 4.55. The molecular formula is C16H24N2O3S. The van der Waals surface area contributed by atoms with E-state index in [1.54, 1.807) is 25.1 Å². The predicted octanol–water partition coefficient (Wildman–Crippen LogP) is 1.23. The van der Waals surface area contributed by atoms with E-state index in [9.17, 15) is 13.2 Å². The van der Waals surface area contributed by atoms with Gasteiger partial charge in [-0.2, -0.15) is 0 Å². The maximum atomic E-state index is 12.1. The third-order valence-electron chi connectivity index (χ3n) is 3.96. The number of sulfone groups is 1. The van der Waals surface area contributed by atoms with Crippen molar-refractivity contribution in [3.8, 4) is 0 Å². The second kappa shape index (κ2) is 7.74. The Hall–Kier alpha value is -1.40. The van der Waals surface area contributed by atoms with Crippen molar-refractivity contribution in [2.75, 3.05) is 31.9 Å². The molecule has 122 valence electrons. The van der Waals surface area contributed by atoms with E-state index in [4.69, 9.17) is 0 Å². The lowest BCUT2D eigenvalue weighted by molar-refractivity contribution is -0.131. The van der Waals surface area contributed by atoms with Crippen molar-refractivity contribution < 1.29 is 13.2 Å². The Morgan fingerprint density at radius 1 is 1.27 bits per heavy atom. The molecule has 6 heteroatoms. The molecule has 0 atom stereocenters. The normalized spacial score (nSPS) is 15.8. The summed E-state index contributed by atoms with van der Waals surface area (Å²) in [6, 6.07) is 7.06. The molecule has 1 saturated heterocycles. The van der Waals surface area contributed by atoms with Gasteiger partial charge in [-0.3, -0.25) is 4.79 Å². The molecule has 0 bridgehead atoms. The number of piperazine rings is 1. The molecule has 5 nitrogen and oxygen atoms in total. The van der Waals surface area contributed by atoms with Crippen molar-refractivity contribution in [1.29, 1.82) is 0 Å². The van der Waals surface area contributed by atoms with Crippen molar-refractivity contribution >= 4 is 15.7 Å². The summed E-state index contributed by atoms with van der Waals surface area (Å²) in [7, 11) is -3.16. The van der Waals surface area contributed by atoms with Crippen LogP contribution in [-0.2, 0) is 21.1 Å². The molecule has 1 fully saturated rings. The molecule has 1 N–H and O–H groups in total. The highest BCUT2D eigenvalue weighted by Crippen LogP contribution is 2.15. The zero-order valence-corrected chi connectivity index (χ0v) is 13.9. The number of benzene rings is 1. The van der Waals surface area contributed by atoms with E-state index < -0.39 is 9.84 Å². The largest absolute Gasteiger partial charge is 0.340 e. The molecule has 0 aliphatic carbocycles. The Labute approximate surface area is 132 Å². The first kappa shape index (κ1) is 17.0. The van der Waals surface area contributed by atoms with Gasteiger partial charge in [0, 0.05) is 32.6 Å². The van der Waals surface area contributed by atoms with E-state index in [-0.39, 0.29) is 11.7 Å². The highest BCUT2D eigenvalue weighted by molar-refractivity contribution is 7.91. The quantitative estimate of drug-likeness (QED) is 0.855. The SMILES string of the molecule is CCS(=O)(=O)c1cccc(CCCC(=O)N2CCNCC2)c1. The summed E-state index contributed by atoms with van der Waals surface area (Å²) in [5.74, 6) is 0.302. The van der Waals surface area contributed by atoms with E-state index in [0.717, 1.165) is 44.6 Å². The number of nitrogens with zero attached hydrogens (tertiary/aromatic N) is 1. The van der Waals surface area contributed by atoms with Crippen LogP contribution in [0.4, 0.5) is 0 Å². The molecular weight excluding hydrogens is 300 g/mol. The average Bonchev–Trinajstić information content (AvgIpc) is 2.56. The lowest BCUT2D eigenvalue weighted by Gasteiger charge is -2.27. The number of hydrogen-bond donors (Lipinski definition) is 1. The van der Waals surface area contributed by atoms with E-state index in [2.05, 4.69) is 5.32 Å². The summed E-state index contributed by atoms with van der Waals surface area (Å²) in [5.41, 5.74) is 0.975. The van der Waals surface area contributed by atoms with Crippen molar-refractivity contribution in [3.05, 3.63) is 29.8 Å². The minimum absolute atomic E-state index is 0.109. The fourth-order valence-corrected chi connectivity index (χ4v) is 3.53. The zero-order chi connectivity index (χ0) is 16.0. The van der Waals surface area contributed by atoms with Crippen molar-refractivity contribution in [3.63, 3.8) is 0 Å². The Balaban J connectivity index is 1.87. The minimum Gasteiger partial charge on any atom is -0.340 e. The van der Waals surface area contributed by atoms with Gasteiger partial charge in [0.05, 0.1) is 10.6 Å². The van der Waals surface area contributed by atoms with Crippen LogP contribution < -0.4 is 5.32 Å². The molecule has 1 aromatic rings. The molecule has 0 unspecified atom stereocenters. The topological polar surface area (TPSA) is 66.5 Å². The fourth-order valence-electron chi connectivity index (χ4n) is 2.58. The van der Waals surface area contributed by atoms with E-state index in [0.29, 0.717) is 11.3 Å². The highest BCUT2D eigenvalue weighted by Gasteiger charge is 2.16. The highest BCUT2D eigenvalue weighted by atomic mass is 32.2. The van der Waals surface area contributed by atoms with Gasteiger partial charge in [-0.05, 0) is 30.5 Å². The summed E-state index contributed by atoms with van der Waals surface area (Å²) in [6.45, 7) is 4.94. The lowest BCUT2D eigenvalue weighted by Crippen LogP contribution is -2.46. The predicted molar refractivity (Wildman–Crippen MR) is 86.6 cm³/mol. The van der Waals surface area contributed by atoms with Gasteiger partial charge < -0.3 is 10.2 Å². The standard InChI is InChI=1S/C16H24N2O3S/c1-2-22(20,21)15-7-3-5-14(13-15)6-4-8-16(19)18-11-9-17-10-12-18/h3,5,7,13,17H,2,4,6,8-12H2,1H3. The number of carbonyl (C=O) groups excluding carboxylic acids is 1. The van der Waals surface area contributed by atoms with Crippen molar-refractivity contribution in [1.82, 2.24) is 10.2 Å². The van der Waals surface area contributed by atoms with Crippen LogP contribution in [0.5, 0.6) is 0 Å². The summed E-state index contributed by atoms with van der Waals surface area (Å²) < 4.78 is 23.7. The third-order valence-corrected chi connectivity index (χ3v) is 5.70. The van der Waals surface area contributed by atoms with Gasteiger partial charge >= 0.3 is 0 Å². The monoisotopic (exact) mass is 324 g/mol. The molecule has 1 heterocycles. The van der Waals surface area contributed by atoms with Crippen LogP contribution in [0.1, 0.15) is 25.3 Å². The molecule has 0 spiro atoms. The van der Waals surface area contributed by atoms with Crippen LogP contribution in [0.15, 0.2) is 29.2 Å². The summed E-state index contributed by atoms with van der Waals surface area (Å²) in [5, 5.41) is 3.23. The van der Waals surface area contributed by atoms with Crippen LogP contribution in [0.3, 0.4) is 0 Å². The van der Waals surface area contributed by atoms with E-state index >= 15 is 0 Å². The first-order chi connectivity index (χ1) is 10.5. The van der Waals surface area contributed by atoms with E-state index in [1.165, 1.54) is 0 Å². The number of nitrogens with one attached hydrogen (secondary N) is 1. The van der Waals surface area contributed by atoms with Crippen LogP contribution in [-0.4, -0.2) is 51.2 Å². The van der Waals surface area contributed by atoms with Gasteiger partial charge in [0.25, 0.3) is 0 Å². The molecule has 0 saturated carbocycles. The second-order valence-corrected chi connectivity index (χ2v) is 7.81. The first-order valence-electron chi connectivity index (χ1n) is 7.83. The Kier molecular flexibility index (Phi) is 5.97. The number of hydrogen-bond acceptors (Lipinski definition) is 4. The van der Waals surface area contributed by atoms with Crippen LogP contribution in [0, 0.1) is 0 Å². The van der Waals surface area contributed by atoms with Gasteiger partial charge in [-0.25, -0.2) is 8.42 Å². The Morgan fingerprint density at radius 2 is 2.00 bits per heavy atom. The minimum atomic E-state index is -3.16. The molecule has 22 heavy (non-hydrogen) atoms. The fraction of sp³-hybridized carbons (Fsp3) is 0.562.